The van der Waals surface area contributed by atoms with Crippen molar-refractivity contribution in [3.63, 3.8) is 0 Å². The van der Waals surface area contributed by atoms with Gasteiger partial charge in [-0.2, -0.15) is 13.2 Å². The minimum absolute atomic E-state index is 0.217. The van der Waals surface area contributed by atoms with Crippen LogP contribution in [0.25, 0.3) is 0 Å². The SMILES string of the molecule is O=C(O)CCN(CC1CCCO1)C(=O)C(F)(F)F. The highest BCUT2D eigenvalue weighted by molar-refractivity contribution is 5.82. The number of rotatable bonds is 5. The van der Waals surface area contributed by atoms with Gasteiger partial charge in [-0.3, -0.25) is 9.59 Å². The van der Waals surface area contributed by atoms with Gasteiger partial charge in [-0.05, 0) is 12.8 Å². The standard InChI is InChI=1S/C10H14F3NO4/c11-10(12,13)9(17)14(4-3-8(15)16)6-7-2-1-5-18-7/h7H,1-6H2,(H,15,16). The number of ether oxygens (including phenoxy) is 1. The van der Waals surface area contributed by atoms with Gasteiger partial charge in [0.2, 0.25) is 0 Å². The van der Waals surface area contributed by atoms with Crippen molar-refractivity contribution < 1.29 is 32.6 Å². The van der Waals surface area contributed by atoms with Crippen molar-refractivity contribution in [2.45, 2.75) is 31.5 Å². The molecule has 1 amide bonds. The van der Waals surface area contributed by atoms with Crippen molar-refractivity contribution in [2.24, 2.45) is 0 Å². The van der Waals surface area contributed by atoms with E-state index in [-0.39, 0.29) is 6.54 Å². The van der Waals surface area contributed by atoms with E-state index in [0.717, 1.165) is 6.42 Å². The van der Waals surface area contributed by atoms with E-state index >= 15 is 0 Å². The Labute approximate surface area is 102 Å². The van der Waals surface area contributed by atoms with Crippen molar-refractivity contribution in [1.29, 1.82) is 0 Å². The summed E-state index contributed by atoms with van der Waals surface area (Å²) in [6, 6.07) is 0. The van der Waals surface area contributed by atoms with Gasteiger partial charge in [-0.1, -0.05) is 0 Å². The largest absolute Gasteiger partial charge is 0.481 e. The van der Waals surface area contributed by atoms with E-state index in [4.69, 9.17) is 9.84 Å². The zero-order valence-corrected chi connectivity index (χ0v) is 9.57. The van der Waals surface area contributed by atoms with Crippen LogP contribution >= 0.6 is 0 Å². The maximum atomic E-state index is 12.3. The minimum atomic E-state index is -4.99. The zero-order chi connectivity index (χ0) is 13.8. The van der Waals surface area contributed by atoms with Crippen molar-refractivity contribution in [2.75, 3.05) is 19.7 Å². The summed E-state index contributed by atoms with van der Waals surface area (Å²) in [5.74, 6) is -3.26. The fourth-order valence-corrected chi connectivity index (χ4v) is 1.72. The normalized spacial score (nSPS) is 19.8. The van der Waals surface area contributed by atoms with Crippen LogP contribution in [0, 0.1) is 0 Å². The number of aliphatic carboxylic acids is 1. The molecule has 1 unspecified atom stereocenters. The van der Waals surface area contributed by atoms with Crippen LogP contribution in [0.2, 0.25) is 0 Å². The predicted molar refractivity (Wildman–Crippen MR) is 53.9 cm³/mol. The summed E-state index contributed by atoms with van der Waals surface area (Å²) < 4.78 is 42.1. The Bertz CT molecular complexity index is 313. The lowest BCUT2D eigenvalue weighted by Gasteiger charge is -2.25. The third-order valence-electron chi connectivity index (χ3n) is 2.57. The van der Waals surface area contributed by atoms with Gasteiger partial charge < -0.3 is 14.7 Å². The van der Waals surface area contributed by atoms with E-state index in [9.17, 15) is 22.8 Å². The number of halogens is 3. The second kappa shape index (κ2) is 6.03. The molecule has 8 heteroatoms. The number of carboxylic acid groups (broad SMARTS) is 1. The number of carbonyl (C=O) groups is 2. The van der Waals surface area contributed by atoms with E-state index in [1.807, 2.05) is 0 Å². The highest BCUT2D eigenvalue weighted by Gasteiger charge is 2.43. The van der Waals surface area contributed by atoms with Crippen molar-refractivity contribution in [1.82, 2.24) is 4.90 Å². The monoisotopic (exact) mass is 269 g/mol. The van der Waals surface area contributed by atoms with Crippen LogP contribution in [0.4, 0.5) is 13.2 Å². The smallest absolute Gasteiger partial charge is 0.471 e. The van der Waals surface area contributed by atoms with E-state index in [0.29, 0.717) is 17.9 Å². The lowest BCUT2D eigenvalue weighted by atomic mass is 10.2. The predicted octanol–water partition coefficient (Wildman–Crippen LogP) is 1.03. The summed E-state index contributed by atoms with van der Waals surface area (Å²) in [4.78, 5) is 22.0. The van der Waals surface area contributed by atoms with Crippen LogP contribution < -0.4 is 0 Å². The Morgan fingerprint density at radius 2 is 2.06 bits per heavy atom. The highest BCUT2D eigenvalue weighted by Crippen LogP contribution is 2.21. The van der Waals surface area contributed by atoms with E-state index in [2.05, 4.69) is 0 Å². The first-order valence-electron chi connectivity index (χ1n) is 5.50. The quantitative estimate of drug-likeness (QED) is 0.809. The van der Waals surface area contributed by atoms with Crippen molar-refractivity contribution in [3.05, 3.63) is 0 Å². The molecular weight excluding hydrogens is 255 g/mol. The summed E-state index contributed by atoms with van der Waals surface area (Å²) in [6.45, 7) is -0.225. The zero-order valence-electron chi connectivity index (χ0n) is 9.57. The van der Waals surface area contributed by atoms with E-state index in [1.54, 1.807) is 0 Å². The summed E-state index contributed by atoms with van der Waals surface area (Å²) >= 11 is 0. The first-order valence-corrected chi connectivity index (χ1v) is 5.50. The lowest BCUT2D eigenvalue weighted by molar-refractivity contribution is -0.187. The Hall–Kier alpha value is -1.31. The molecule has 0 saturated carbocycles. The Morgan fingerprint density at radius 1 is 1.39 bits per heavy atom. The van der Waals surface area contributed by atoms with Gasteiger partial charge in [0.1, 0.15) is 0 Å². The van der Waals surface area contributed by atoms with Crippen LogP contribution in [0.1, 0.15) is 19.3 Å². The van der Waals surface area contributed by atoms with E-state index < -0.39 is 37.1 Å². The van der Waals surface area contributed by atoms with Crippen LogP contribution in [0.15, 0.2) is 0 Å². The molecule has 1 saturated heterocycles. The molecule has 1 heterocycles. The number of hydrogen-bond acceptors (Lipinski definition) is 3. The van der Waals surface area contributed by atoms with Crippen LogP contribution in [-0.2, 0) is 14.3 Å². The number of amides is 1. The molecule has 0 radical (unpaired) electrons. The number of alkyl halides is 3. The highest BCUT2D eigenvalue weighted by atomic mass is 19.4. The van der Waals surface area contributed by atoms with Gasteiger partial charge in [-0.25, -0.2) is 0 Å². The number of carbonyl (C=O) groups excluding carboxylic acids is 1. The first kappa shape index (κ1) is 14.7. The molecule has 1 fully saturated rings. The van der Waals surface area contributed by atoms with Crippen molar-refractivity contribution >= 4 is 11.9 Å². The fraction of sp³-hybridized carbons (Fsp3) is 0.800. The molecule has 18 heavy (non-hydrogen) atoms. The maximum absolute atomic E-state index is 12.3. The third-order valence-corrected chi connectivity index (χ3v) is 2.57. The molecule has 1 aliphatic heterocycles. The fourth-order valence-electron chi connectivity index (χ4n) is 1.72. The van der Waals surface area contributed by atoms with Crippen molar-refractivity contribution in [3.8, 4) is 0 Å². The van der Waals surface area contributed by atoms with Gasteiger partial charge >= 0.3 is 18.1 Å². The maximum Gasteiger partial charge on any atom is 0.471 e. The second-order valence-electron chi connectivity index (χ2n) is 4.03. The van der Waals surface area contributed by atoms with Gasteiger partial charge in [0.25, 0.3) is 0 Å². The number of carboxylic acids is 1. The molecule has 0 aromatic heterocycles. The number of hydrogen-bond donors (Lipinski definition) is 1. The topological polar surface area (TPSA) is 66.8 Å². The molecule has 0 aromatic carbocycles. The summed E-state index contributed by atoms with van der Waals surface area (Å²) in [5.41, 5.74) is 0. The molecule has 1 N–H and O–H groups in total. The van der Waals surface area contributed by atoms with Crippen LogP contribution in [-0.4, -0.2) is 53.9 Å². The van der Waals surface area contributed by atoms with Gasteiger partial charge in [-0.15, -0.1) is 0 Å². The molecule has 0 aromatic rings. The molecule has 104 valence electrons. The molecule has 0 spiro atoms. The molecule has 1 aliphatic rings. The van der Waals surface area contributed by atoms with Gasteiger partial charge in [0.05, 0.1) is 12.5 Å². The molecule has 0 aliphatic carbocycles. The Morgan fingerprint density at radius 3 is 2.50 bits per heavy atom. The minimum Gasteiger partial charge on any atom is -0.481 e. The molecule has 1 rings (SSSR count). The van der Waals surface area contributed by atoms with Gasteiger partial charge in [0, 0.05) is 19.7 Å². The molecule has 0 bridgehead atoms. The van der Waals surface area contributed by atoms with Gasteiger partial charge in [0.15, 0.2) is 0 Å². The summed E-state index contributed by atoms with van der Waals surface area (Å²) in [6.07, 6.45) is -4.64. The average Bonchev–Trinajstić information content (AvgIpc) is 2.74. The van der Waals surface area contributed by atoms with Crippen LogP contribution in [0.5, 0.6) is 0 Å². The average molecular weight is 269 g/mol. The Kier molecular flexibility index (Phi) is 4.94. The van der Waals surface area contributed by atoms with Crippen LogP contribution in [0.3, 0.4) is 0 Å². The molecule has 5 nitrogen and oxygen atoms in total. The molecular formula is C10H14F3NO4. The first-order chi connectivity index (χ1) is 8.30. The molecule has 1 atom stereocenters. The Balaban J connectivity index is 2.61. The third kappa shape index (κ3) is 4.52. The second-order valence-corrected chi connectivity index (χ2v) is 4.03. The number of nitrogens with zero attached hydrogens (tertiary/aromatic N) is 1. The summed E-state index contributed by atoms with van der Waals surface area (Å²) in [7, 11) is 0. The lowest BCUT2D eigenvalue weighted by Crippen LogP contribution is -2.45. The summed E-state index contributed by atoms with van der Waals surface area (Å²) in [5, 5.41) is 8.46. The van der Waals surface area contributed by atoms with E-state index in [1.165, 1.54) is 0 Å².